The minimum Gasteiger partial charge on any atom is -0.426 e. The molecule has 2 heterocycles. The Kier molecular flexibility index (Phi) is 5.43. The Bertz CT molecular complexity index is 682. The van der Waals surface area contributed by atoms with Gasteiger partial charge in [-0.05, 0) is 24.3 Å². The summed E-state index contributed by atoms with van der Waals surface area (Å²) < 4.78 is 6.18. The monoisotopic (exact) mass is 288 g/mol. The lowest BCUT2D eigenvalue weighted by molar-refractivity contribution is 0.459. The van der Waals surface area contributed by atoms with E-state index in [0.717, 1.165) is 55.2 Å². The Morgan fingerprint density at radius 1 is 1.25 bits per heavy atom. The van der Waals surface area contributed by atoms with Gasteiger partial charge in [0.2, 0.25) is 0 Å². The third-order valence-electron chi connectivity index (χ3n) is 3.24. The Morgan fingerprint density at radius 3 is 2.80 bits per heavy atom. The zero-order chi connectivity index (χ0) is 14.4. The van der Waals surface area contributed by atoms with Crippen molar-refractivity contribution in [3.8, 4) is 11.8 Å². The van der Waals surface area contributed by atoms with Gasteiger partial charge in [-0.3, -0.25) is 0 Å². The zero-order valence-corrected chi connectivity index (χ0v) is 12.9. The molecule has 3 heteroatoms. The van der Waals surface area contributed by atoms with E-state index in [1.165, 1.54) is 11.3 Å². The lowest BCUT2D eigenvalue weighted by atomic mass is 10.1. The smallest absolute Gasteiger partial charge is 0.354 e. The molecule has 0 aliphatic rings. The van der Waals surface area contributed by atoms with Crippen LogP contribution in [0.1, 0.15) is 57.3 Å². The highest BCUT2D eigenvalue weighted by Crippen LogP contribution is 2.24. The summed E-state index contributed by atoms with van der Waals surface area (Å²) in [6, 6.07) is 1.98. The number of hydrogen-bond donors (Lipinski definition) is 0. The van der Waals surface area contributed by atoms with Crippen LogP contribution >= 0.6 is 11.3 Å². The molecule has 0 atom stereocenters. The highest BCUT2D eigenvalue weighted by atomic mass is 32.1. The average Bonchev–Trinajstić information content (AvgIpc) is 2.93. The van der Waals surface area contributed by atoms with Gasteiger partial charge >= 0.3 is 5.63 Å². The Labute approximate surface area is 123 Å². The van der Waals surface area contributed by atoms with E-state index in [9.17, 15) is 4.79 Å². The molecule has 20 heavy (non-hydrogen) atoms. The number of thiophene rings is 1. The molecule has 2 rings (SSSR count). The van der Waals surface area contributed by atoms with Gasteiger partial charge in [0.05, 0.1) is 5.56 Å². The molecule has 0 amide bonds. The first kappa shape index (κ1) is 14.9. The maximum absolute atomic E-state index is 11.9. The average molecular weight is 288 g/mol. The van der Waals surface area contributed by atoms with Crippen LogP contribution in [0.5, 0.6) is 0 Å². The number of rotatable bonds is 5. The van der Waals surface area contributed by atoms with Crippen molar-refractivity contribution in [1.29, 1.82) is 0 Å². The molecule has 0 N–H and O–H groups in total. The van der Waals surface area contributed by atoms with Crippen molar-refractivity contribution in [2.75, 3.05) is 0 Å². The highest BCUT2D eigenvalue weighted by molar-refractivity contribution is 7.17. The first-order valence-corrected chi connectivity index (χ1v) is 8.18. The lowest BCUT2D eigenvalue weighted by Crippen LogP contribution is -2.03. The second kappa shape index (κ2) is 7.31. The predicted molar refractivity (Wildman–Crippen MR) is 85.4 cm³/mol. The van der Waals surface area contributed by atoms with Crippen molar-refractivity contribution in [3.63, 3.8) is 0 Å². The molecule has 2 aromatic rings. The van der Waals surface area contributed by atoms with Crippen LogP contribution in [0.25, 0.3) is 10.1 Å². The number of fused-ring (bicyclic) bond motifs is 1. The van der Waals surface area contributed by atoms with E-state index in [-0.39, 0.29) is 5.63 Å². The highest BCUT2D eigenvalue weighted by Gasteiger charge is 2.12. The third-order valence-corrected chi connectivity index (χ3v) is 4.14. The minimum absolute atomic E-state index is 0.222. The van der Waals surface area contributed by atoms with E-state index in [2.05, 4.69) is 25.7 Å². The Morgan fingerprint density at radius 2 is 2.05 bits per heavy atom. The summed E-state index contributed by atoms with van der Waals surface area (Å²) in [5.74, 6) is 7.21. The molecule has 0 saturated heterocycles. The third kappa shape index (κ3) is 3.32. The molecule has 0 aliphatic carbocycles. The van der Waals surface area contributed by atoms with Gasteiger partial charge in [-0.25, -0.2) is 4.79 Å². The van der Waals surface area contributed by atoms with Crippen molar-refractivity contribution in [1.82, 2.24) is 0 Å². The van der Waals surface area contributed by atoms with Gasteiger partial charge in [-0.15, -0.1) is 11.3 Å². The topological polar surface area (TPSA) is 30.2 Å². The molecule has 0 saturated carbocycles. The van der Waals surface area contributed by atoms with Crippen molar-refractivity contribution in [2.24, 2.45) is 0 Å². The fourth-order valence-electron chi connectivity index (χ4n) is 2.09. The number of hydrogen-bond acceptors (Lipinski definition) is 3. The second-order valence-corrected chi connectivity index (χ2v) is 5.78. The lowest BCUT2D eigenvalue weighted by Gasteiger charge is -2.03. The van der Waals surface area contributed by atoms with E-state index in [1.54, 1.807) is 0 Å². The molecular weight excluding hydrogens is 268 g/mol. The standard InChI is InChI=1S/C17H20O2S/c1-3-5-7-8-9-13-14-11-12-20-16(14)17(18)19-15(13)10-6-4-2/h11-12H,3-7,10H2,1-2H3. The van der Waals surface area contributed by atoms with Gasteiger partial charge in [-0.2, -0.15) is 0 Å². The van der Waals surface area contributed by atoms with Gasteiger partial charge in [0.15, 0.2) is 0 Å². The molecule has 2 aromatic heterocycles. The summed E-state index contributed by atoms with van der Waals surface area (Å²) in [5.41, 5.74) is 0.700. The van der Waals surface area contributed by atoms with Crippen molar-refractivity contribution in [3.05, 3.63) is 33.2 Å². The molecule has 0 bridgehead atoms. The summed E-state index contributed by atoms with van der Waals surface area (Å²) in [6.07, 6.45) is 6.04. The molecule has 2 nitrogen and oxygen atoms in total. The van der Waals surface area contributed by atoms with Crippen molar-refractivity contribution >= 4 is 21.4 Å². The van der Waals surface area contributed by atoms with Crippen LogP contribution in [0.4, 0.5) is 0 Å². The van der Waals surface area contributed by atoms with Crippen molar-refractivity contribution in [2.45, 2.75) is 52.4 Å². The van der Waals surface area contributed by atoms with Gasteiger partial charge in [0, 0.05) is 18.2 Å². The summed E-state index contributed by atoms with van der Waals surface area (Å²) in [6.45, 7) is 4.29. The van der Waals surface area contributed by atoms with E-state index in [1.807, 2.05) is 11.4 Å². The van der Waals surface area contributed by atoms with E-state index >= 15 is 0 Å². The van der Waals surface area contributed by atoms with Crippen LogP contribution in [0.15, 0.2) is 20.7 Å². The molecule has 0 spiro atoms. The second-order valence-electron chi connectivity index (χ2n) is 4.86. The molecule has 0 unspecified atom stereocenters. The van der Waals surface area contributed by atoms with Gasteiger partial charge in [0.25, 0.3) is 0 Å². The van der Waals surface area contributed by atoms with Crippen LogP contribution in [0, 0.1) is 11.8 Å². The summed E-state index contributed by atoms with van der Waals surface area (Å²) >= 11 is 1.43. The van der Waals surface area contributed by atoms with Crippen LogP contribution < -0.4 is 5.63 Å². The summed E-state index contributed by atoms with van der Waals surface area (Å²) in [4.78, 5) is 11.9. The van der Waals surface area contributed by atoms with Crippen LogP contribution in [0.2, 0.25) is 0 Å². The van der Waals surface area contributed by atoms with Gasteiger partial charge < -0.3 is 4.42 Å². The largest absolute Gasteiger partial charge is 0.426 e. The SMILES string of the molecule is CCCCC#Cc1c(CCCC)oc(=O)c2sccc12. The van der Waals surface area contributed by atoms with Crippen LogP contribution in [-0.2, 0) is 6.42 Å². The van der Waals surface area contributed by atoms with Crippen LogP contribution in [-0.4, -0.2) is 0 Å². The Balaban J connectivity index is 2.45. The molecule has 0 fully saturated rings. The van der Waals surface area contributed by atoms with Gasteiger partial charge in [-0.1, -0.05) is 38.5 Å². The molecule has 0 aromatic carbocycles. The van der Waals surface area contributed by atoms with Crippen molar-refractivity contribution < 1.29 is 4.42 Å². The first-order valence-electron chi connectivity index (χ1n) is 7.30. The van der Waals surface area contributed by atoms with Gasteiger partial charge in [0.1, 0.15) is 10.5 Å². The first-order chi connectivity index (χ1) is 9.77. The summed E-state index contributed by atoms with van der Waals surface area (Å²) in [7, 11) is 0. The minimum atomic E-state index is -0.222. The molecule has 0 aliphatic heterocycles. The quantitative estimate of drug-likeness (QED) is 0.587. The summed E-state index contributed by atoms with van der Waals surface area (Å²) in [5, 5.41) is 2.89. The van der Waals surface area contributed by atoms with E-state index in [4.69, 9.17) is 4.42 Å². The fraction of sp³-hybridized carbons (Fsp3) is 0.471. The predicted octanol–water partition coefficient (Wildman–Crippen LogP) is 4.74. The normalized spacial score (nSPS) is 10.5. The molecular formula is C17H20O2S. The molecule has 106 valence electrons. The zero-order valence-electron chi connectivity index (χ0n) is 12.1. The fourth-order valence-corrected chi connectivity index (χ4v) is 2.87. The Hall–Kier alpha value is -1.53. The van der Waals surface area contributed by atoms with E-state index < -0.39 is 0 Å². The van der Waals surface area contributed by atoms with E-state index in [0.29, 0.717) is 4.70 Å². The maximum Gasteiger partial charge on any atom is 0.354 e. The number of unbranched alkanes of at least 4 members (excludes halogenated alkanes) is 3. The maximum atomic E-state index is 11.9. The number of aryl methyl sites for hydroxylation is 1. The van der Waals surface area contributed by atoms with Crippen LogP contribution in [0.3, 0.4) is 0 Å². The molecule has 0 radical (unpaired) electrons.